The van der Waals surface area contributed by atoms with Crippen LogP contribution in [0.15, 0.2) is 0 Å². The summed E-state index contributed by atoms with van der Waals surface area (Å²) in [6.07, 6.45) is 5.24. The minimum absolute atomic E-state index is 1.11. The number of halogens is 1. The summed E-state index contributed by atoms with van der Waals surface area (Å²) in [4.78, 5) is 1.11. The van der Waals surface area contributed by atoms with Crippen molar-refractivity contribution < 1.29 is 4.43 Å². The predicted molar refractivity (Wildman–Crippen MR) is 66.0 cm³/mol. The molecular formula is C10H23BrOSi. The van der Waals surface area contributed by atoms with Crippen LogP contribution in [0.1, 0.15) is 39.5 Å². The van der Waals surface area contributed by atoms with Gasteiger partial charge in [-0.15, -0.1) is 0 Å². The average Bonchev–Trinajstić information content (AvgIpc) is 2.20. The highest BCUT2D eigenvalue weighted by molar-refractivity contribution is 9.09. The van der Waals surface area contributed by atoms with Gasteiger partial charge in [0.2, 0.25) is 8.32 Å². The Morgan fingerprint density at radius 1 is 1.08 bits per heavy atom. The fourth-order valence-electron chi connectivity index (χ4n) is 1.52. The van der Waals surface area contributed by atoms with Crippen LogP contribution in [0.3, 0.4) is 0 Å². The maximum Gasteiger partial charge on any atom is 0.202 e. The van der Waals surface area contributed by atoms with E-state index < -0.39 is 8.32 Å². The van der Waals surface area contributed by atoms with E-state index in [4.69, 9.17) is 4.43 Å². The van der Waals surface area contributed by atoms with Gasteiger partial charge in [-0.2, -0.15) is 0 Å². The van der Waals surface area contributed by atoms with Crippen molar-refractivity contribution in [1.82, 2.24) is 0 Å². The summed E-state index contributed by atoms with van der Waals surface area (Å²) >= 11 is 3.63. The molecule has 0 unspecified atom stereocenters. The number of rotatable bonds is 8. The molecular weight excluding hydrogens is 244 g/mol. The van der Waals surface area contributed by atoms with Crippen molar-refractivity contribution in [1.29, 1.82) is 0 Å². The van der Waals surface area contributed by atoms with E-state index in [1.807, 2.05) is 7.11 Å². The summed E-state index contributed by atoms with van der Waals surface area (Å²) in [6.45, 7) is 4.51. The molecule has 0 atom stereocenters. The summed E-state index contributed by atoms with van der Waals surface area (Å²) in [7, 11) is 0.533. The van der Waals surface area contributed by atoms with Gasteiger partial charge in [-0.3, -0.25) is 0 Å². The van der Waals surface area contributed by atoms with Crippen LogP contribution < -0.4 is 0 Å². The van der Waals surface area contributed by atoms with Crippen molar-refractivity contribution in [3.63, 3.8) is 0 Å². The fraction of sp³-hybridized carbons (Fsp3) is 1.00. The average molecular weight is 267 g/mol. The van der Waals surface area contributed by atoms with E-state index in [9.17, 15) is 0 Å². The lowest BCUT2D eigenvalue weighted by atomic mass is 10.4. The topological polar surface area (TPSA) is 9.23 Å². The van der Waals surface area contributed by atoms with Crippen LogP contribution in [-0.2, 0) is 4.43 Å². The molecule has 80 valence electrons. The van der Waals surface area contributed by atoms with E-state index >= 15 is 0 Å². The molecule has 0 radical (unpaired) electrons. The molecule has 0 aliphatic carbocycles. The highest BCUT2D eigenvalue weighted by Crippen LogP contribution is 2.24. The molecule has 13 heavy (non-hydrogen) atoms. The largest absolute Gasteiger partial charge is 0.419 e. The molecule has 0 N–H and O–H groups in total. The number of alkyl halides is 1. The second kappa shape index (κ2) is 8.01. The molecule has 0 aromatic heterocycles. The number of hydrogen-bond donors (Lipinski definition) is 0. The van der Waals surface area contributed by atoms with E-state index in [1.165, 1.54) is 37.8 Å². The van der Waals surface area contributed by atoms with Crippen LogP contribution in [0.4, 0.5) is 0 Å². The summed E-state index contributed by atoms with van der Waals surface area (Å²) in [6, 6.07) is 2.65. The molecule has 0 fully saturated rings. The van der Waals surface area contributed by atoms with Gasteiger partial charge in [-0.05, 0) is 12.1 Å². The maximum absolute atomic E-state index is 5.78. The number of unbranched alkanes of at least 4 members (excludes halogenated alkanes) is 2. The molecule has 3 heteroatoms. The van der Waals surface area contributed by atoms with Gasteiger partial charge >= 0.3 is 0 Å². The smallest absolute Gasteiger partial charge is 0.202 e. The highest BCUT2D eigenvalue weighted by Gasteiger charge is 2.30. The summed E-state index contributed by atoms with van der Waals surface area (Å²) in [5.41, 5.74) is 0. The molecule has 0 aliphatic rings. The zero-order valence-corrected chi connectivity index (χ0v) is 11.8. The molecule has 0 spiro atoms. The zero-order valence-electron chi connectivity index (χ0n) is 9.24. The first-order valence-corrected chi connectivity index (χ1v) is 9.01. The SMILES string of the molecule is CCCC[Si](CBr)(CCCC)OC. The van der Waals surface area contributed by atoms with Crippen LogP contribution in [0, 0.1) is 0 Å². The van der Waals surface area contributed by atoms with Gasteiger partial charge in [0.05, 0.1) is 0 Å². The summed E-state index contributed by atoms with van der Waals surface area (Å²) in [5.74, 6) is 0. The van der Waals surface area contributed by atoms with Crippen molar-refractivity contribution >= 4 is 24.2 Å². The first-order valence-electron chi connectivity index (χ1n) is 5.35. The van der Waals surface area contributed by atoms with Crippen LogP contribution >= 0.6 is 15.9 Å². The maximum atomic E-state index is 5.78. The van der Waals surface area contributed by atoms with Crippen molar-refractivity contribution in [2.24, 2.45) is 0 Å². The normalized spacial score (nSPS) is 12.0. The Kier molecular flexibility index (Phi) is 8.41. The van der Waals surface area contributed by atoms with Crippen LogP contribution in [0.2, 0.25) is 12.1 Å². The third kappa shape index (κ3) is 5.18. The molecule has 0 bridgehead atoms. The molecule has 0 saturated heterocycles. The monoisotopic (exact) mass is 266 g/mol. The molecule has 1 nitrogen and oxygen atoms in total. The molecule has 0 heterocycles. The third-order valence-corrected chi connectivity index (χ3v) is 9.60. The van der Waals surface area contributed by atoms with Crippen molar-refractivity contribution in [2.75, 3.05) is 12.1 Å². The van der Waals surface area contributed by atoms with Gasteiger partial charge < -0.3 is 4.43 Å². The Balaban J connectivity index is 3.97. The van der Waals surface area contributed by atoms with Crippen molar-refractivity contribution in [2.45, 2.75) is 51.6 Å². The van der Waals surface area contributed by atoms with Crippen molar-refractivity contribution in [3.05, 3.63) is 0 Å². The van der Waals surface area contributed by atoms with Gasteiger partial charge in [0.1, 0.15) is 0 Å². The molecule has 0 rings (SSSR count). The van der Waals surface area contributed by atoms with E-state index in [-0.39, 0.29) is 0 Å². The van der Waals surface area contributed by atoms with Gasteiger partial charge in [0.15, 0.2) is 0 Å². The van der Waals surface area contributed by atoms with Gasteiger partial charge in [-0.25, -0.2) is 0 Å². The molecule has 0 aromatic carbocycles. The van der Waals surface area contributed by atoms with Crippen molar-refractivity contribution in [3.8, 4) is 0 Å². The lowest BCUT2D eigenvalue weighted by Gasteiger charge is -2.27. The van der Waals surface area contributed by atoms with Gasteiger partial charge in [-0.1, -0.05) is 55.5 Å². The second-order valence-corrected chi connectivity index (χ2v) is 9.45. The van der Waals surface area contributed by atoms with Crippen LogP contribution in [0.5, 0.6) is 0 Å². The summed E-state index contributed by atoms with van der Waals surface area (Å²) < 4.78 is 5.78. The van der Waals surface area contributed by atoms with Crippen LogP contribution in [-0.4, -0.2) is 20.4 Å². The first kappa shape index (κ1) is 13.7. The molecule has 0 amide bonds. The third-order valence-electron chi connectivity index (χ3n) is 2.65. The van der Waals surface area contributed by atoms with Crippen LogP contribution in [0.25, 0.3) is 0 Å². The lowest BCUT2D eigenvalue weighted by molar-refractivity contribution is 0.392. The lowest BCUT2D eigenvalue weighted by Crippen LogP contribution is -2.39. The molecule has 0 aromatic rings. The quantitative estimate of drug-likeness (QED) is 0.475. The fourth-order valence-corrected chi connectivity index (χ4v) is 6.91. The Labute approximate surface area is 92.5 Å². The van der Waals surface area contributed by atoms with E-state index in [0.29, 0.717) is 0 Å². The summed E-state index contributed by atoms with van der Waals surface area (Å²) in [5, 5.41) is 0. The molecule has 0 aliphatic heterocycles. The molecule has 0 saturated carbocycles. The predicted octanol–water partition coefficient (Wildman–Crippen LogP) is 4.11. The van der Waals surface area contributed by atoms with Gasteiger partial charge in [0.25, 0.3) is 0 Å². The second-order valence-electron chi connectivity index (χ2n) is 3.73. The Bertz CT molecular complexity index is 105. The van der Waals surface area contributed by atoms with E-state index in [1.54, 1.807) is 0 Å². The highest BCUT2D eigenvalue weighted by atomic mass is 79.9. The standard InChI is InChI=1S/C10H23BrOSi/c1-4-6-8-13(10-11,12-3)9-7-5-2/h4-10H2,1-3H3. The van der Waals surface area contributed by atoms with E-state index in [2.05, 4.69) is 29.8 Å². The van der Waals surface area contributed by atoms with E-state index in [0.717, 1.165) is 4.95 Å². The zero-order chi connectivity index (χ0) is 10.2. The van der Waals surface area contributed by atoms with Gasteiger partial charge in [0, 0.05) is 12.1 Å². The Morgan fingerprint density at radius 2 is 1.54 bits per heavy atom. The minimum Gasteiger partial charge on any atom is -0.419 e. The number of hydrogen-bond acceptors (Lipinski definition) is 1. The first-order chi connectivity index (χ1) is 6.24. The minimum atomic E-state index is -1.37. The Hall–Kier alpha value is 0.657. The Morgan fingerprint density at radius 3 is 1.77 bits per heavy atom.